The molecule has 1 N–H and O–H groups in total. The molecule has 0 bridgehead atoms. The zero-order chi connectivity index (χ0) is 15.0. The van der Waals surface area contributed by atoms with Crippen molar-refractivity contribution < 1.29 is 9.72 Å². The smallest absolute Gasteiger partial charge is 0.283 e. The van der Waals surface area contributed by atoms with Gasteiger partial charge in [-0.25, -0.2) is 0 Å². The average molecular weight is 364 g/mol. The maximum absolute atomic E-state index is 11.9. The molecule has 1 aromatic carbocycles. The van der Waals surface area contributed by atoms with Gasteiger partial charge in [0.25, 0.3) is 11.6 Å². The van der Waals surface area contributed by atoms with Gasteiger partial charge < -0.3 is 5.32 Å². The highest BCUT2D eigenvalue weighted by Crippen LogP contribution is 2.23. The van der Waals surface area contributed by atoms with Crippen LogP contribution >= 0.6 is 27.5 Å². The van der Waals surface area contributed by atoms with Gasteiger partial charge in [0.15, 0.2) is 0 Å². The molecule has 1 aromatic rings. The minimum absolute atomic E-state index is 0.0415. The second-order valence-electron chi connectivity index (χ2n) is 4.28. The summed E-state index contributed by atoms with van der Waals surface area (Å²) in [6.45, 7) is 0.515. The summed E-state index contributed by atoms with van der Waals surface area (Å²) < 4.78 is 0. The summed E-state index contributed by atoms with van der Waals surface area (Å²) in [6, 6.07) is 4.03. The number of carbonyl (C=O) groups excluding carboxylic acids is 1. The summed E-state index contributed by atoms with van der Waals surface area (Å²) in [6.07, 6.45) is 4.09. The maximum atomic E-state index is 11.9. The van der Waals surface area contributed by atoms with Gasteiger partial charge in [-0.2, -0.15) is 0 Å². The van der Waals surface area contributed by atoms with Gasteiger partial charge in [0.2, 0.25) is 0 Å². The molecule has 0 radical (unpaired) electrons. The van der Waals surface area contributed by atoms with Gasteiger partial charge in [0.05, 0.1) is 4.92 Å². The number of alkyl halides is 1. The molecule has 0 heterocycles. The van der Waals surface area contributed by atoms with Gasteiger partial charge in [-0.15, -0.1) is 0 Å². The third kappa shape index (κ3) is 5.46. The van der Waals surface area contributed by atoms with Crippen molar-refractivity contribution in [2.75, 3.05) is 11.9 Å². The first-order valence-electron chi connectivity index (χ1n) is 6.34. The number of nitrogens with one attached hydrogen (secondary N) is 1. The number of carbonyl (C=O) groups is 1. The Kier molecular flexibility index (Phi) is 7.54. The zero-order valence-electron chi connectivity index (χ0n) is 10.9. The first-order chi connectivity index (χ1) is 9.56. The molecule has 0 aromatic heterocycles. The van der Waals surface area contributed by atoms with Crippen LogP contribution in [-0.2, 0) is 0 Å². The van der Waals surface area contributed by atoms with Crippen LogP contribution in [0.15, 0.2) is 18.2 Å². The highest BCUT2D eigenvalue weighted by Gasteiger charge is 2.19. The van der Waals surface area contributed by atoms with E-state index in [1.54, 1.807) is 0 Å². The highest BCUT2D eigenvalue weighted by atomic mass is 79.9. The lowest BCUT2D eigenvalue weighted by Crippen LogP contribution is -2.25. The van der Waals surface area contributed by atoms with Crippen molar-refractivity contribution >= 4 is 39.1 Å². The molecule has 1 rings (SSSR count). The van der Waals surface area contributed by atoms with E-state index in [2.05, 4.69) is 21.2 Å². The van der Waals surface area contributed by atoms with E-state index in [9.17, 15) is 14.9 Å². The van der Waals surface area contributed by atoms with Crippen molar-refractivity contribution in [2.24, 2.45) is 0 Å². The van der Waals surface area contributed by atoms with Gasteiger partial charge in [-0.1, -0.05) is 40.4 Å². The Morgan fingerprint density at radius 2 is 2.00 bits per heavy atom. The van der Waals surface area contributed by atoms with E-state index in [0.29, 0.717) is 6.54 Å². The van der Waals surface area contributed by atoms with Crippen molar-refractivity contribution in [3.05, 3.63) is 38.9 Å². The first kappa shape index (κ1) is 16.9. The fraction of sp³-hybridized carbons (Fsp3) is 0.462. The van der Waals surface area contributed by atoms with Crippen LogP contribution in [0.5, 0.6) is 0 Å². The number of benzene rings is 1. The lowest BCUT2D eigenvalue weighted by Gasteiger charge is -2.06. The molecule has 20 heavy (non-hydrogen) atoms. The van der Waals surface area contributed by atoms with Gasteiger partial charge in [-0.3, -0.25) is 14.9 Å². The fourth-order valence-electron chi connectivity index (χ4n) is 1.72. The third-order valence-electron chi connectivity index (χ3n) is 2.75. The predicted molar refractivity (Wildman–Crippen MR) is 82.7 cm³/mol. The van der Waals surface area contributed by atoms with Crippen molar-refractivity contribution in [1.82, 2.24) is 5.32 Å². The number of hydrogen-bond acceptors (Lipinski definition) is 3. The molecular formula is C13H16BrClN2O3. The summed E-state index contributed by atoms with van der Waals surface area (Å²) in [5, 5.41) is 14.8. The second-order valence-corrected chi connectivity index (χ2v) is 5.51. The molecule has 0 saturated heterocycles. The number of nitrogens with zero attached hydrogens (tertiary/aromatic N) is 1. The molecule has 0 aliphatic rings. The Balaban J connectivity index is 2.53. The first-order valence-corrected chi connectivity index (χ1v) is 7.84. The second kappa shape index (κ2) is 8.92. The number of amides is 1. The maximum Gasteiger partial charge on any atom is 0.283 e. The van der Waals surface area contributed by atoms with Crippen molar-refractivity contribution in [3.8, 4) is 0 Å². The molecule has 0 unspecified atom stereocenters. The Bertz CT molecular complexity index is 483. The van der Waals surface area contributed by atoms with Crippen LogP contribution in [0.2, 0.25) is 5.02 Å². The van der Waals surface area contributed by atoms with E-state index in [-0.39, 0.29) is 16.3 Å². The Hall–Kier alpha value is -1.14. The van der Waals surface area contributed by atoms with Crippen LogP contribution in [0.3, 0.4) is 0 Å². The minimum atomic E-state index is -0.600. The Morgan fingerprint density at radius 1 is 1.30 bits per heavy atom. The van der Waals surface area contributed by atoms with Gasteiger partial charge in [0, 0.05) is 23.0 Å². The lowest BCUT2D eigenvalue weighted by molar-refractivity contribution is -0.385. The molecule has 0 fully saturated rings. The zero-order valence-corrected chi connectivity index (χ0v) is 13.2. The van der Waals surface area contributed by atoms with Crippen molar-refractivity contribution in [1.29, 1.82) is 0 Å². The Morgan fingerprint density at radius 3 is 2.65 bits per heavy atom. The van der Waals surface area contributed by atoms with Crippen LogP contribution in [0, 0.1) is 10.1 Å². The molecular weight excluding hydrogens is 348 g/mol. The van der Waals surface area contributed by atoms with E-state index >= 15 is 0 Å². The Labute approximate surface area is 131 Å². The fourth-order valence-corrected chi connectivity index (χ4v) is 2.28. The molecule has 110 valence electrons. The normalized spacial score (nSPS) is 10.3. The highest BCUT2D eigenvalue weighted by molar-refractivity contribution is 9.09. The lowest BCUT2D eigenvalue weighted by atomic mass is 10.1. The standard InChI is InChI=1S/C13H16BrClN2O3/c14-7-3-1-2-4-8-16-13(18)11-6-5-10(15)9-12(11)17(19)20/h5-6,9H,1-4,7-8H2,(H,16,18). The van der Waals surface area contributed by atoms with Gasteiger partial charge >= 0.3 is 0 Å². The summed E-state index contributed by atoms with van der Waals surface area (Å²) in [7, 11) is 0. The summed E-state index contributed by atoms with van der Waals surface area (Å²) in [5.74, 6) is -0.436. The topological polar surface area (TPSA) is 72.2 Å². The average Bonchev–Trinajstić information content (AvgIpc) is 2.42. The van der Waals surface area contributed by atoms with Crippen LogP contribution in [-0.4, -0.2) is 22.7 Å². The monoisotopic (exact) mass is 362 g/mol. The quantitative estimate of drug-likeness (QED) is 0.329. The summed E-state index contributed by atoms with van der Waals surface area (Å²) in [4.78, 5) is 22.2. The SMILES string of the molecule is O=C(NCCCCCCBr)c1ccc(Cl)cc1[N+](=O)[O-]. The number of rotatable bonds is 8. The molecule has 0 saturated carbocycles. The van der Waals surface area contributed by atoms with E-state index in [0.717, 1.165) is 31.0 Å². The molecule has 5 nitrogen and oxygen atoms in total. The van der Waals surface area contributed by atoms with E-state index in [4.69, 9.17) is 11.6 Å². The van der Waals surface area contributed by atoms with Crippen molar-refractivity contribution in [3.63, 3.8) is 0 Å². The number of halogens is 2. The number of hydrogen-bond donors (Lipinski definition) is 1. The number of unbranched alkanes of at least 4 members (excludes halogenated alkanes) is 3. The number of nitro benzene ring substituents is 1. The molecule has 0 aliphatic carbocycles. The van der Waals surface area contributed by atoms with Gasteiger partial charge in [0.1, 0.15) is 5.56 Å². The van der Waals surface area contributed by atoms with Gasteiger partial charge in [-0.05, 0) is 25.0 Å². The molecule has 7 heteroatoms. The van der Waals surface area contributed by atoms with E-state index in [1.165, 1.54) is 18.2 Å². The molecule has 0 atom stereocenters. The van der Waals surface area contributed by atoms with Crippen LogP contribution < -0.4 is 5.32 Å². The number of nitro groups is 1. The largest absolute Gasteiger partial charge is 0.352 e. The van der Waals surface area contributed by atoms with Crippen LogP contribution in [0.25, 0.3) is 0 Å². The van der Waals surface area contributed by atoms with Crippen molar-refractivity contribution in [2.45, 2.75) is 25.7 Å². The van der Waals surface area contributed by atoms with E-state index < -0.39 is 10.8 Å². The third-order valence-corrected chi connectivity index (χ3v) is 3.54. The molecule has 0 spiro atoms. The van der Waals surface area contributed by atoms with Crippen LogP contribution in [0.4, 0.5) is 5.69 Å². The molecule has 0 aliphatic heterocycles. The summed E-state index contributed by atoms with van der Waals surface area (Å²) in [5.41, 5.74) is -0.228. The predicted octanol–water partition coefficient (Wildman–Crippen LogP) is 3.93. The molecule has 1 amide bonds. The summed E-state index contributed by atoms with van der Waals surface area (Å²) >= 11 is 9.06. The van der Waals surface area contributed by atoms with E-state index in [1.807, 2.05) is 0 Å². The van der Waals surface area contributed by atoms with Crippen LogP contribution in [0.1, 0.15) is 36.0 Å². The minimum Gasteiger partial charge on any atom is -0.352 e.